The standard InChI is InChI=1S/C20H31N3O2/c1-13-9-16(10-14(2)20(13)25-15(3)24)11-23(4)12-19-17-7-5-6-8-18(17)21-22-19/h9-10,17-19,21-22H,5-8,11-12H2,1-4H3. The van der Waals surface area contributed by atoms with E-state index in [0.29, 0.717) is 17.8 Å². The topological polar surface area (TPSA) is 53.6 Å². The Labute approximate surface area is 151 Å². The van der Waals surface area contributed by atoms with E-state index in [1.165, 1.54) is 38.2 Å². The van der Waals surface area contributed by atoms with E-state index >= 15 is 0 Å². The third kappa shape index (κ3) is 4.40. The highest BCUT2D eigenvalue weighted by Crippen LogP contribution is 2.31. The van der Waals surface area contributed by atoms with Crippen LogP contribution < -0.4 is 15.6 Å². The van der Waals surface area contributed by atoms with Gasteiger partial charge in [0.1, 0.15) is 5.75 Å². The predicted molar refractivity (Wildman–Crippen MR) is 99.4 cm³/mol. The van der Waals surface area contributed by atoms with Gasteiger partial charge >= 0.3 is 5.97 Å². The Morgan fingerprint density at radius 2 is 1.88 bits per heavy atom. The summed E-state index contributed by atoms with van der Waals surface area (Å²) in [6, 6.07) is 5.44. The van der Waals surface area contributed by atoms with Crippen LogP contribution in [-0.4, -0.2) is 36.5 Å². The van der Waals surface area contributed by atoms with Crippen molar-refractivity contribution in [3.63, 3.8) is 0 Å². The zero-order valence-corrected chi connectivity index (χ0v) is 15.9. The number of benzene rings is 1. The summed E-state index contributed by atoms with van der Waals surface area (Å²) in [5.74, 6) is 1.19. The number of nitrogens with zero attached hydrogens (tertiary/aromatic N) is 1. The molecular weight excluding hydrogens is 314 g/mol. The molecule has 0 amide bonds. The summed E-state index contributed by atoms with van der Waals surface area (Å²) in [6.45, 7) is 7.39. The minimum absolute atomic E-state index is 0.266. The Hall–Kier alpha value is -1.43. The van der Waals surface area contributed by atoms with Gasteiger partial charge in [0.05, 0.1) is 0 Å². The molecule has 1 heterocycles. The fraction of sp³-hybridized carbons (Fsp3) is 0.650. The van der Waals surface area contributed by atoms with Crippen molar-refractivity contribution in [1.29, 1.82) is 0 Å². The van der Waals surface area contributed by atoms with Gasteiger partial charge in [-0.2, -0.15) is 0 Å². The fourth-order valence-corrected chi connectivity index (χ4v) is 4.47. The van der Waals surface area contributed by atoms with Crippen molar-refractivity contribution in [2.75, 3.05) is 13.6 Å². The summed E-state index contributed by atoms with van der Waals surface area (Å²) in [7, 11) is 2.18. The zero-order valence-electron chi connectivity index (χ0n) is 15.9. The number of rotatable bonds is 5. The molecule has 3 atom stereocenters. The van der Waals surface area contributed by atoms with E-state index in [1.54, 1.807) is 0 Å². The van der Waals surface area contributed by atoms with Crippen molar-refractivity contribution in [2.24, 2.45) is 5.92 Å². The van der Waals surface area contributed by atoms with Gasteiger partial charge in [0.25, 0.3) is 0 Å². The molecule has 3 unspecified atom stereocenters. The SMILES string of the molecule is CC(=O)Oc1c(C)cc(CN(C)CC2NNC3CCCCC32)cc1C. The molecule has 3 rings (SSSR count). The molecule has 5 heteroatoms. The molecule has 2 N–H and O–H groups in total. The Morgan fingerprint density at radius 3 is 2.56 bits per heavy atom. The molecule has 0 aromatic heterocycles. The van der Waals surface area contributed by atoms with Crippen molar-refractivity contribution in [3.8, 4) is 5.75 Å². The first kappa shape index (κ1) is 18.4. The summed E-state index contributed by atoms with van der Waals surface area (Å²) in [4.78, 5) is 13.6. The van der Waals surface area contributed by atoms with Gasteiger partial charge in [-0.15, -0.1) is 0 Å². The molecule has 1 saturated heterocycles. The number of aryl methyl sites for hydroxylation is 2. The zero-order chi connectivity index (χ0) is 18.0. The first-order valence-electron chi connectivity index (χ1n) is 9.42. The van der Waals surface area contributed by atoms with E-state index in [0.717, 1.165) is 30.1 Å². The van der Waals surface area contributed by atoms with Gasteiger partial charge < -0.3 is 9.64 Å². The number of hydrogen-bond donors (Lipinski definition) is 2. The summed E-state index contributed by atoms with van der Waals surface area (Å²) < 4.78 is 5.33. The smallest absolute Gasteiger partial charge is 0.308 e. The van der Waals surface area contributed by atoms with Crippen molar-refractivity contribution in [2.45, 2.75) is 65.1 Å². The van der Waals surface area contributed by atoms with Crippen LogP contribution in [0.3, 0.4) is 0 Å². The molecule has 0 radical (unpaired) electrons. The van der Waals surface area contributed by atoms with Crippen LogP contribution in [0.25, 0.3) is 0 Å². The van der Waals surface area contributed by atoms with Crippen LogP contribution in [0.5, 0.6) is 5.75 Å². The van der Waals surface area contributed by atoms with Gasteiger partial charge in [-0.05, 0) is 56.3 Å². The first-order chi connectivity index (χ1) is 11.9. The lowest BCUT2D eigenvalue weighted by molar-refractivity contribution is -0.131. The number of hydrazine groups is 1. The molecule has 1 saturated carbocycles. The quantitative estimate of drug-likeness (QED) is 0.635. The number of nitrogens with one attached hydrogen (secondary N) is 2. The maximum atomic E-state index is 11.2. The number of carbonyl (C=O) groups is 1. The Kier molecular flexibility index (Phi) is 5.77. The molecule has 1 aliphatic heterocycles. The van der Waals surface area contributed by atoms with Crippen molar-refractivity contribution in [1.82, 2.24) is 15.8 Å². The second-order valence-electron chi connectivity index (χ2n) is 7.80. The lowest BCUT2D eigenvalue weighted by Gasteiger charge is -2.29. The summed E-state index contributed by atoms with van der Waals surface area (Å²) >= 11 is 0. The van der Waals surface area contributed by atoms with E-state index in [4.69, 9.17) is 4.74 Å². The van der Waals surface area contributed by atoms with E-state index < -0.39 is 0 Å². The van der Waals surface area contributed by atoms with Crippen LogP contribution in [0.15, 0.2) is 12.1 Å². The van der Waals surface area contributed by atoms with Crippen LogP contribution in [-0.2, 0) is 11.3 Å². The van der Waals surface area contributed by atoms with Gasteiger partial charge in [0.2, 0.25) is 0 Å². The van der Waals surface area contributed by atoms with Crippen molar-refractivity contribution >= 4 is 5.97 Å². The highest BCUT2D eigenvalue weighted by atomic mass is 16.5. The van der Waals surface area contributed by atoms with E-state index in [9.17, 15) is 4.79 Å². The highest BCUT2D eigenvalue weighted by molar-refractivity contribution is 5.70. The Morgan fingerprint density at radius 1 is 1.20 bits per heavy atom. The van der Waals surface area contributed by atoms with Crippen LogP contribution in [0, 0.1) is 19.8 Å². The second-order valence-corrected chi connectivity index (χ2v) is 7.80. The normalized spacial score (nSPS) is 25.9. The number of likely N-dealkylation sites (N-methyl/N-ethyl adjacent to an activating group) is 1. The third-order valence-electron chi connectivity index (χ3n) is 5.52. The van der Waals surface area contributed by atoms with Gasteiger partial charge in [-0.25, -0.2) is 0 Å². The van der Waals surface area contributed by atoms with Crippen molar-refractivity contribution < 1.29 is 9.53 Å². The average Bonchev–Trinajstić information content (AvgIpc) is 2.94. The summed E-state index contributed by atoms with van der Waals surface area (Å²) in [6.07, 6.45) is 5.35. The lowest BCUT2D eigenvalue weighted by atomic mass is 9.81. The molecule has 1 aromatic rings. The third-order valence-corrected chi connectivity index (χ3v) is 5.52. The maximum absolute atomic E-state index is 11.2. The molecule has 2 fully saturated rings. The number of fused-ring (bicyclic) bond motifs is 1. The number of hydrogen-bond acceptors (Lipinski definition) is 5. The molecule has 0 spiro atoms. The first-order valence-corrected chi connectivity index (χ1v) is 9.42. The van der Waals surface area contributed by atoms with E-state index in [1.807, 2.05) is 13.8 Å². The molecule has 1 aliphatic carbocycles. The second kappa shape index (κ2) is 7.85. The molecule has 0 bridgehead atoms. The summed E-state index contributed by atoms with van der Waals surface area (Å²) in [5.41, 5.74) is 10.3. The van der Waals surface area contributed by atoms with Gasteiger partial charge in [-0.1, -0.05) is 25.0 Å². The molecule has 1 aromatic carbocycles. The molecule has 5 nitrogen and oxygen atoms in total. The van der Waals surface area contributed by atoms with Crippen molar-refractivity contribution in [3.05, 3.63) is 28.8 Å². The monoisotopic (exact) mass is 345 g/mol. The van der Waals surface area contributed by atoms with Crippen LogP contribution in [0.4, 0.5) is 0 Å². The van der Waals surface area contributed by atoms with E-state index in [2.05, 4.69) is 34.9 Å². The average molecular weight is 345 g/mol. The number of esters is 1. The minimum Gasteiger partial charge on any atom is -0.426 e. The van der Waals surface area contributed by atoms with Gasteiger partial charge in [0.15, 0.2) is 0 Å². The molecule has 138 valence electrons. The van der Waals surface area contributed by atoms with E-state index in [-0.39, 0.29) is 5.97 Å². The predicted octanol–water partition coefficient (Wildman–Crippen LogP) is 2.70. The maximum Gasteiger partial charge on any atom is 0.308 e. The molecular formula is C20H31N3O2. The number of carbonyl (C=O) groups excluding carboxylic acids is 1. The van der Waals surface area contributed by atoms with Gasteiger partial charge in [-0.3, -0.25) is 15.6 Å². The van der Waals surface area contributed by atoms with Crippen LogP contribution in [0.1, 0.15) is 49.3 Å². The fourth-order valence-electron chi connectivity index (χ4n) is 4.47. The number of ether oxygens (including phenoxy) is 1. The lowest BCUT2D eigenvalue weighted by Crippen LogP contribution is -2.41. The Bertz CT molecular complexity index is 608. The molecule has 25 heavy (non-hydrogen) atoms. The highest BCUT2D eigenvalue weighted by Gasteiger charge is 2.37. The van der Waals surface area contributed by atoms with Crippen LogP contribution in [0.2, 0.25) is 0 Å². The summed E-state index contributed by atoms with van der Waals surface area (Å²) in [5, 5.41) is 0. The van der Waals surface area contributed by atoms with Crippen LogP contribution >= 0.6 is 0 Å². The largest absolute Gasteiger partial charge is 0.426 e. The Balaban J connectivity index is 1.61. The minimum atomic E-state index is -0.266. The van der Waals surface area contributed by atoms with Gasteiger partial charge in [0, 0.05) is 32.1 Å². The molecule has 2 aliphatic rings.